The van der Waals surface area contributed by atoms with E-state index in [1.165, 1.54) is 0 Å². The molecule has 0 aromatic heterocycles. The summed E-state index contributed by atoms with van der Waals surface area (Å²) in [6, 6.07) is 15.1. The third-order valence-corrected chi connectivity index (χ3v) is 5.96. The molecular weight excluding hydrogens is 384 g/mol. The molecule has 1 aliphatic carbocycles. The van der Waals surface area contributed by atoms with Crippen molar-refractivity contribution in [3.63, 3.8) is 0 Å². The Balaban J connectivity index is 1.79. The Morgan fingerprint density at radius 2 is 1.90 bits per heavy atom. The zero-order valence-corrected chi connectivity index (χ0v) is 17.3. The van der Waals surface area contributed by atoms with Crippen LogP contribution in [-0.4, -0.2) is 17.4 Å². The number of hydrogen-bond donors (Lipinski definition) is 1. The summed E-state index contributed by atoms with van der Waals surface area (Å²) in [4.78, 5) is 31.0. The SMILES string of the molecule is CC1=NC2=C(C(=O)CCC2)[C@@H](c2cccc(Cl)c2)C1C(=O)Nc1ccccc1C. The number of Topliss-reactive ketones (excluding diaryl/α,β-unsaturated/α-hetero) is 1. The van der Waals surface area contributed by atoms with Crippen LogP contribution < -0.4 is 5.32 Å². The molecule has 29 heavy (non-hydrogen) atoms. The number of hydrogen-bond acceptors (Lipinski definition) is 3. The van der Waals surface area contributed by atoms with E-state index in [1.54, 1.807) is 6.07 Å². The van der Waals surface area contributed by atoms with Gasteiger partial charge in [0, 0.05) is 40.0 Å². The van der Waals surface area contributed by atoms with Crippen molar-refractivity contribution in [3.8, 4) is 0 Å². The lowest BCUT2D eigenvalue weighted by molar-refractivity contribution is -0.119. The molecule has 0 fully saturated rings. The second-order valence-electron chi connectivity index (χ2n) is 7.70. The van der Waals surface area contributed by atoms with Gasteiger partial charge in [0.1, 0.15) is 0 Å². The number of nitrogens with zero attached hydrogens (tertiary/aromatic N) is 1. The summed E-state index contributed by atoms with van der Waals surface area (Å²) in [7, 11) is 0. The normalized spacial score (nSPS) is 21.5. The first-order valence-electron chi connectivity index (χ1n) is 9.89. The molecule has 1 aliphatic heterocycles. The number of nitrogens with one attached hydrogen (secondary N) is 1. The average Bonchev–Trinajstić information content (AvgIpc) is 2.69. The van der Waals surface area contributed by atoms with Gasteiger partial charge in [0.25, 0.3) is 0 Å². The lowest BCUT2D eigenvalue weighted by Gasteiger charge is -2.35. The summed E-state index contributed by atoms with van der Waals surface area (Å²) in [6.45, 7) is 3.83. The molecule has 2 atom stereocenters. The van der Waals surface area contributed by atoms with Crippen molar-refractivity contribution in [1.29, 1.82) is 0 Å². The maximum Gasteiger partial charge on any atom is 0.234 e. The monoisotopic (exact) mass is 406 g/mol. The van der Waals surface area contributed by atoms with Crippen molar-refractivity contribution >= 4 is 34.7 Å². The van der Waals surface area contributed by atoms with Crippen LogP contribution in [0.1, 0.15) is 43.2 Å². The molecule has 1 N–H and O–H groups in total. The molecular formula is C24H23ClN2O2. The minimum Gasteiger partial charge on any atom is -0.325 e. The Kier molecular flexibility index (Phi) is 5.37. The predicted octanol–water partition coefficient (Wildman–Crippen LogP) is 5.47. The lowest BCUT2D eigenvalue weighted by Crippen LogP contribution is -2.39. The van der Waals surface area contributed by atoms with Gasteiger partial charge in [-0.3, -0.25) is 14.6 Å². The fourth-order valence-electron chi connectivity index (χ4n) is 4.33. The van der Waals surface area contributed by atoms with Gasteiger partial charge in [0.05, 0.1) is 5.92 Å². The standard InChI is InChI=1S/C24H23ClN2O2/c1-14-7-3-4-10-18(14)27-24(29)21-15(2)26-19-11-6-12-20(28)23(19)22(21)16-8-5-9-17(25)13-16/h3-5,7-10,13,21-22H,6,11-12H2,1-2H3,(H,27,29)/t21?,22-/m0/s1. The molecule has 4 rings (SSSR count). The number of aliphatic imine (C=N–C) groups is 1. The zero-order chi connectivity index (χ0) is 20.5. The summed E-state index contributed by atoms with van der Waals surface area (Å²) in [6.07, 6.45) is 2.06. The van der Waals surface area contributed by atoms with E-state index in [1.807, 2.05) is 56.3 Å². The molecule has 1 unspecified atom stereocenters. The molecule has 1 heterocycles. The molecule has 148 valence electrons. The van der Waals surface area contributed by atoms with Gasteiger partial charge in [-0.2, -0.15) is 0 Å². The molecule has 2 aliphatic rings. The van der Waals surface area contributed by atoms with Crippen molar-refractivity contribution in [2.24, 2.45) is 10.9 Å². The number of allylic oxidation sites excluding steroid dienone is 2. The van der Waals surface area contributed by atoms with E-state index in [-0.39, 0.29) is 17.6 Å². The molecule has 0 bridgehead atoms. The highest BCUT2D eigenvalue weighted by Gasteiger charge is 2.42. The molecule has 0 saturated carbocycles. The Hall–Kier alpha value is -2.72. The highest BCUT2D eigenvalue weighted by Crippen LogP contribution is 2.44. The van der Waals surface area contributed by atoms with Crippen molar-refractivity contribution in [2.45, 2.75) is 39.0 Å². The van der Waals surface area contributed by atoms with Crippen LogP contribution in [-0.2, 0) is 9.59 Å². The number of para-hydroxylation sites is 1. The van der Waals surface area contributed by atoms with Crippen molar-refractivity contribution in [1.82, 2.24) is 0 Å². The first kappa shape index (κ1) is 19.6. The van der Waals surface area contributed by atoms with Gasteiger partial charge in [-0.05, 0) is 56.0 Å². The summed E-state index contributed by atoms with van der Waals surface area (Å²) in [5, 5.41) is 3.64. The number of aryl methyl sites for hydroxylation is 1. The first-order valence-corrected chi connectivity index (χ1v) is 10.3. The third kappa shape index (κ3) is 3.77. The maximum absolute atomic E-state index is 13.4. The van der Waals surface area contributed by atoms with E-state index in [0.717, 1.165) is 41.1 Å². The number of carbonyl (C=O) groups is 2. The first-order chi connectivity index (χ1) is 14.0. The van der Waals surface area contributed by atoms with Gasteiger partial charge in [-0.1, -0.05) is 41.9 Å². The minimum atomic E-state index is -0.561. The van der Waals surface area contributed by atoms with E-state index in [4.69, 9.17) is 16.6 Å². The van der Waals surface area contributed by atoms with Crippen LogP contribution >= 0.6 is 11.6 Å². The van der Waals surface area contributed by atoms with Crippen LogP contribution in [0.25, 0.3) is 0 Å². The largest absolute Gasteiger partial charge is 0.325 e. The lowest BCUT2D eigenvalue weighted by atomic mass is 9.71. The Bertz CT molecular complexity index is 1050. The minimum absolute atomic E-state index is 0.0844. The molecule has 2 aromatic rings. The molecule has 4 nitrogen and oxygen atoms in total. The van der Waals surface area contributed by atoms with Gasteiger partial charge in [-0.25, -0.2) is 0 Å². The van der Waals surface area contributed by atoms with Crippen LogP contribution in [0.5, 0.6) is 0 Å². The number of benzene rings is 2. The molecule has 0 radical (unpaired) electrons. The Morgan fingerprint density at radius 1 is 1.10 bits per heavy atom. The van der Waals surface area contributed by atoms with Crippen LogP contribution in [0, 0.1) is 12.8 Å². The van der Waals surface area contributed by atoms with Gasteiger partial charge in [0.2, 0.25) is 5.91 Å². The fraction of sp³-hybridized carbons (Fsp3) is 0.292. The third-order valence-electron chi connectivity index (χ3n) is 5.73. The second-order valence-corrected chi connectivity index (χ2v) is 8.14. The number of rotatable bonds is 3. The molecule has 5 heteroatoms. The highest BCUT2D eigenvalue weighted by molar-refractivity contribution is 6.30. The van der Waals surface area contributed by atoms with Crippen molar-refractivity contribution in [2.75, 3.05) is 5.32 Å². The van der Waals surface area contributed by atoms with E-state index < -0.39 is 5.92 Å². The quantitative estimate of drug-likeness (QED) is 0.734. The van der Waals surface area contributed by atoms with Gasteiger partial charge in [0.15, 0.2) is 5.78 Å². The number of halogens is 1. The second kappa shape index (κ2) is 7.96. The number of anilines is 1. The van der Waals surface area contributed by atoms with Crippen LogP contribution in [0.4, 0.5) is 5.69 Å². The maximum atomic E-state index is 13.4. The summed E-state index contributed by atoms with van der Waals surface area (Å²) in [5.74, 6) is -1.01. The van der Waals surface area contributed by atoms with Gasteiger partial charge < -0.3 is 5.32 Å². The number of amides is 1. The van der Waals surface area contributed by atoms with Crippen LogP contribution in [0.15, 0.2) is 64.8 Å². The molecule has 0 saturated heterocycles. The smallest absolute Gasteiger partial charge is 0.234 e. The Labute approximate surface area is 175 Å². The van der Waals surface area contributed by atoms with E-state index in [2.05, 4.69) is 5.32 Å². The van der Waals surface area contributed by atoms with E-state index in [0.29, 0.717) is 17.0 Å². The van der Waals surface area contributed by atoms with Crippen molar-refractivity contribution in [3.05, 3.63) is 76.0 Å². The van der Waals surface area contributed by atoms with Gasteiger partial charge in [-0.15, -0.1) is 0 Å². The van der Waals surface area contributed by atoms with Crippen LogP contribution in [0.3, 0.4) is 0 Å². The van der Waals surface area contributed by atoms with Crippen molar-refractivity contribution < 1.29 is 9.59 Å². The van der Waals surface area contributed by atoms with Crippen LogP contribution in [0.2, 0.25) is 5.02 Å². The Morgan fingerprint density at radius 3 is 2.66 bits per heavy atom. The highest BCUT2D eigenvalue weighted by atomic mass is 35.5. The fourth-order valence-corrected chi connectivity index (χ4v) is 4.53. The summed E-state index contributed by atoms with van der Waals surface area (Å²) < 4.78 is 0. The summed E-state index contributed by atoms with van der Waals surface area (Å²) >= 11 is 6.26. The number of carbonyl (C=O) groups excluding carboxylic acids is 2. The average molecular weight is 407 g/mol. The number of ketones is 1. The zero-order valence-electron chi connectivity index (χ0n) is 16.5. The molecule has 1 amide bonds. The topological polar surface area (TPSA) is 58.5 Å². The molecule has 0 spiro atoms. The predicted molar refractivity (Wildman–Crippen MR) is 116 cm³/mol. The van der Waals surface area contributed by atoms with E-state index >= 15 is 0 Å². The van der Waals surface area contributed by atoms with Gasteiger partial charge >= 0.3 is 0 Å². The van der Waals surface area contributed by atoms with E-state index in [9.17, 15) is 9.59 Å². The molecule has 2 aromatic carbocycles. The summed E-state index contributed by atoms with van der Waals surface area (Å²) in [5.41, 5.74) is 4.86.